The highest BCUT2D eigenvalue weighted by atomic mass is 16.5. The molecule has 3 heterocycles. The lowest BCUT2D eigenvalue weighted by molar-refractivity contribution is -0.120. The number of hydrogen-bond donors (Lipinski definition) is 2. The highest BCUT2D eigenvalue weighted by molar-refractivity contribution is 6.22. The lowest BCUT2D eigenvalue weighted by atomic mass is 9.89. The van der Waals surface area contributed by atoms with Gasteiger partial charge in [-0.25, -0.2) is 9.69 Å². The Bertz CT molecular complexity index is 1900. The molecule has 2 N–H and O–H groups in total. The molecule has 0 aliphatic carbocycles. The number of urea groups is 1. The minimum Gasteiger partial charge on any atom is -0.497 e. The molecule has 0 radical (unpaired) electrons. The summed E-state index contributed by atoms with van der Waals surface area (Å²) in [4.78, 5) is 47.4. The highest BCUT2D eigenvalue weighted by Crippen LogP contribution is 2.45. The molecule has 1 fully saturated rings. The van der Waals surface area contributed by atoms with Crippen molar-refractivity contribution in [2.24, 2.45) is 0 Å². The van der Waals surface area contributed by atoms with Crippen molar-refractivity contribution < 1.29 is 23.9 Å². The van der Waals surface area contributed by atoms with E-state index >= 15 is 0 Å². The van der Waals surface area contributed by atoms with Crippen LogP contribution in [0.15, 0.2) is 97.1 Å². The number of methoxy groups -OCH3 is 2. The minimum atomic E-state index is -0.683. The Morgan fingerprint density at radius 1 is 0.886 bits per heavy atom. The fourth-order valence-electron chi connectivity index (χ4n) is 6.26. The van der Waals surface area contributed by atoms with Crippen molar-refractivity contribution in [3.63, 3.8) is 0 Å². The van der Waals surface area contributed by atoms with E-state index in [4.69, 9.17) is 9.47 Å². The monoisotopic (exact) mass is 586 g/mol. The Morgan fingerprint density at radius 3 is 2.39 bits per heavy atom. The predicted molar refractivity (Wildman–Crippen MR) is 166 cm³/mol. The van der Waals surface area contributed by atoms with E-state index < -0.39 is 18.1 Å². The first-order chi connectivity index (χ1) is 21.5. The molecule has 44 heavy (non-hydrogen) atoms. The van der Waals surface area contributed by atoms with Crippen LogP contribution in [-0.4, -0.2) is 48.0 Å². The molecule has 7 rings (SSSR count). The Kier molecular flexibility index (Phi) is 6.77. The average molecular weight is 587 g/mol. The highest BCUT2D eigenvalue weighted by Gasteiger charge is 2.53. The van der Waals surface area contributed by atoms with Gasteiger partial charge in [-0.2, -0.15) is 0 Å². The largest absolute Gasteiger partial charge is 0.497 e. The number of H-pyrrole nitrogens is 1. The van der Waals surface area contributed by atoms with Gasteiger partial charge >= 0.3 is 6.03 Å². The van der Waals surface area contributed by atoms with Gasteiger partial charge in [0.15, 0.2) is 0 Å². The van der Waals surface area contributed by atoms with Gasteiger partial charge in [-0.15, -0.1) is 0 Å². The summed E-state index contributed by atoms with van der Waals surface area (Å²) < 4.78 is 10.7. The number of fused-ring (bicyclic) bond motifs is 4. The summed E-state index contributed by atoms with van der Waals surface area (Å²) in [5.41, 5.74) is 5.50. The smallest absolute Gasteiger partial charge is 0.332 e. The summed E-state index contributed by atoms with van der Waals surface area (Å²) in [6.07, 6.45) is 0.396. The lowest BCUT2D eigenvalue weighted by Gasteiger charge is -2.36. The van der Waals surface area contributed by atoms with Crippen molar-refractivity contribution in [1.29, 1.82) is 0 Å². The van der Waals surface area contributed by atoms with Crippen LogP contribution < -0.4 is 19.7 Å². The van der Waals surface area contributed by atoms with Gasteiger partial charge in [0, 0.05) is 35.1 Å². The van der Waals surface area contributed by atoms with Crippen molar-refractivity contribution in [1.82, 2.24) is 15.2 Å². The van der Waals surface area contributed by atoms with E-state index in [0.717, 1.165) is 39.0 Å². The molecule has 4 aromatic carbocycles. The van der Waals surface area contributed by atoms with Crippen LogP contribution in [0.2, 0.25) is 0 Å². The molecule has 1 unspecified atom stereocenters. The second kappa shape index (κ2) is 10.9. The van der Waals surface area contributed by atoms with Gasteiger partial charge in [0.05, 0.1) is 19.9 Å². The maximum atomic E-state index is 14.1. The molecule has 2 aliphatic heterocycles. The van der Waals surface area contributed by atoms with E-state index in [0.29, 0.717) is 30.0 Å². The third kappa shape index (κ3) is 4.53. The topological polar surface area (TPSA) is 104 Å². The molecular weight excluding hydrogens is 556 g/mol. The molecule has 2 aliphatic rings. The van der Waals surface area contributed by atoms with Crippen LogP contribution in [0.1, 0.15) is 38.8 Å². The van der Waals surface area contributed by atoms with Crippen molar-refractivity contribution >= 4 is 34.4 Å². The standard InChI is InChI=1S/C35H30N4O5/c1-43-25-16-10-21(11-17-25)20-36-33(40)22-12-14-24(15-13-22)38-34(41)30-19-28-27-8-3-4-9-29(27)37-31(28)32(39(30)35(38)42)23-6-5-7-26(18-23)44-2/h3-18,30,32,37H,19-20H2,1-2H3,(H,36,40)/t30-,32?/m0/s1. The summed E-state index contributed by atoms with van der Waals surface area (Å²) in [7, 11) is 3.21. The molecule has 220 valence electrons. The molecule has 5 aromatic rings. The van der Waals surface area contributed by atoms with E-state index in [-0.39, 0.29) is 11.8 Å². The number of ether oxygens (including phenoxy) is 2. The molecule has 0 spiro atoms. The molecule has 9 nitrogen and oxygen atoms in total. The summed E-state index contributed by atoms with van der Waals surface area (Å²) in [5.74, 6) is 0.856. The van der Waals surface area contributed by atoms with E-state index in [1.165, 1.54) is 4.90 Å². The number of carbonyl (C=O) groups excluding carboxylic acids is 3. The molecular formula is C35H30N4O5. The second-order valence-corrected chi connectivity index (χ2v) is 10.9. The van der Waals surface area contributed by atoms with Gasteiger partial charge in [0.2, 0.25) is 0 Å². The van der Waals surface area contributed by atoms with E-state index in [1.54, 1.807) is 43.4 Å². The summed E-state index contributed by atoms with van der Waals surface area (Å²) in [6, 6.07) is 28.0. The number of aromatic nitrogens is 1. The number of anilines is 1. The first kappa shape index (κ1) is 27.3. The zero-order valence-electron chi connectivity index (χ0n) is 24.2. The third-order valence-electron chi connectivity index (χ3n) is 8.46. The zero-order valence-corrected chi connectivity index (χ0v) is 24.2. The number of nitrogens with zero attached hydrogens (tertiary/aromatic N) is 2. The lowest BCUT2D eigenvalue weighted by Crippen LogP contribution is -2.44. The van der Waals surface area contributed by atoms with Gasteiger partial charge in [0.25, 0.3) is 11.8 Å². The first-order valence-corrected chi connectivity index (χ1v) is 14.4. The van der Waals surface area contributed by atoms with Gasteiger partial charge < -0.3 is 19.8 Å². The van der Waals surface area contributed by atoms with Crippen LogP contribution in [0, 0.1) is 0 Å². The number of benzene rings is 4. The van der Waals surface area contributed by atoms with Crippen LogP contribution in [0.4, 0.5) is 10.5 Å². The fourth-order valence-corrected chi connectivity index (χ4v) is 6.26. The van der Waals surface area contributed by atoms with Gasteiger partial charge in [-0.3, -0.25) is 14.5 Å². The van der Waals surface area contributed by atoms with Crippen LogP contribution in [0.3, 0.4) is 0 Å². The number of imide groups is 1. The summed E-state index contributed by atoms with van der Waals surface area (Å²) >= 11 is 0. The molecule has 0 bridgehead atoms. The maximum Gasteiger partial charge on any atom is 0.332 e. The third-order valence-corrected chi connectivity index (χ3v) is 8.46. The van der Waals surface area contributed by atoms with Crippen LogP contribution in [0.25, 0.3) is 10.9 Å². The SMILES string of the molecule is COc1ccc(CNC(=O)c2ccc(N3C(=O)[C@@H]4Cc5c([nH]c6ccccc56)C(c5cccc(OC)c5)N4C3=O)cc2)cc1. The second-order valence-electron chi connectivity index (χ2n) is 10.9. The average Bonchev–Trinajstić information content (AvgIpc) is 3.56. The van der Waals surface area contributed by atoms with Crippen molar-refractivity contribution in [3.8, 4) is 11.5 Å². The number of carbonyl (C=O) groups is 3. The molecule has 9 heteroatoms. The van der Waals surface area contributed by atoms with Crippen molar-refractivity contribution in [2.45, 2.75) is 25.0 Å². The molecule has 2 atom stereocenters. The molecule has 0 saturated carbocycles. The number of aromatic amines is 1. The van der Waals surface area contributed by atoms with E-state index in [1.807, 2.05) is 72.8 Å². The molecule has 1 aromatic heterocycles. The maximum absolute atomic E-state index is 14.1. The Balaban J connectivity index is 1.18. The van der Waals surface area contributed by atoms with Crippen molar-refractivity contribution in [2.75, 3.05) is 19.1 Å². The Labute approximate surface area is 254 Å². The van der Waals surface area contributed by atoms with Crippen LogP contribution in [0.5, 0.6) is 11.5 Å². The number of para-hydroxylation sites is 1. The predicted octanol–water partition coefficient (Wildman–Crippen LogP) is 5.60. The molecule has 1 saturated heterocycles. The Hall–Kier alpha value is -5.57. The minimum absolute atomic E-state index is 0.257. The van der Waals surface area contributed by atoms with Gasteiger partial charge in [-0.05, 0) is 71.3 Å². The molecule has 4 amide bonds. The number of hydrogen-bond acceptors (Lipinski definition) is 5. The quantitative estimate of drug-likeness (QED) is 0.242. The number of amides is 4. The first-order valence-electron chi connectivity index (χ1n) is 14.4. The number of nitrogens with one attached hydrogen (secondary N) is 2. The zero-order chi connectivity index (χ0) is 30.4. The van der Waals surface area contributed by atoms with Crippen LogP contribution in [-0.2, 0) is 17.8 Å². The Morgan fingerprint density at radius 2 is 1.64 bits per heavy atom. The van der Waals surface area contributed by atoms with Crippen molar-refractivity contribution in [3.05, 3.63) is 125 Å². The van der Waals surface area contributed by atoms with Gasteiger partial charge in [-0.1, -0.05) is 42.5 Å². The van der Waals surface area contributed by atoms with E-state index in [9.17, 15) is 14.4 Å². The fraction of sp³-hybridized carbons (Fsp3) is 0.171. The normalized spacial score (nSPS) is 17.4. The van der Waals surface area contributed by atoms with Crippen LogP contribution >= 0.6 is 0 Å². The van der Waals surface area contributed by atoms with Gasteiger partial charge in [0.1, 0.15) is 23.6 Å². The summed E-state index contributed by atoms with van der Waals surface area (Å²) in [5, 5.41) is 3.95. The van der Waals surface area contributed by atoms with E-state index in [2.05, 4.69) is 10.3 Å². The number of rotatable bonds is 7. The summed E-state index contributed by atoms with van der Waals surface area (Å²) in [6.45, 7) is 0.352.